The number of nitrogens with zero attached hydrogens (tertiary/aromatic N) is 3. The van der Waals surface area contributed by atoms with Crippen molar-refractivity contribution in [2.45, 2.75) is 31.2 Å². The Kier molecular flexibility index (Phi) is 7.35. The zero-order valence-electron chi connectivity index (χ0n) is 15.7. The third kappa shape index (κ3) is 5.26. The molecule has 1 saturated heterocycles. The largest absolute Gasteiger partial charge is 0.339 e. The number of piperazine rings is 1. The highest BCUT2D eigenvalue weighted by Crippen LogP contribution is 2.18. The molecule has 27 heavy (non-hydrogen) atoms. The first-order valence-corrected chi connectivity index (χ1v) is 10.2. The SMILES string of the molecule is Cc1ccc(S(=O)(=O)NCCc2nc(C3CNCCN3C)no2)cc1C.Cl. The Bertz CT molecular complexity index is 871. The molecule has 2 aromatic rings. The molecule has 1 aliphatic rings. The molecule has 2 heterocycles. The van der Waals surface area contributed by atoms with Crippen molar-refractivity contribution in [1.82, 2.24) is 25.1 Å². The van der Waals surface area contributed by atoms with E-state index in [4.69, 9.17) is 4.52 Å². The first-order valence-electron chi connectivity index (χ1n) is 8.67. The molecule has 1 aliphatic heterocycles. The fourth-order valence-electron chi connectivity index (χ4n) is 2.86. The van der Waals surface area contributed by atoms with Crippen LogP contribution in [-0.2, 0) is 16.4 Å². The number of aryl methyl sites for hydroxylation is 2. The van der Waals surface area contributed by atoms with Crippen LogP contribution in [0.5, 0.6) is 0 Å². The molecule has 1 aromatic heterocycles. The van der Waals surface area contributed by atoms with Gasteiger partial charge in [0.15, 0.2) is 5.82 Å². The van der Waals surface area contributed by atoms with Crippen LogP contribution >= 0.6 is 12.4 Å². The van der Waals surface area contributed by atoms with E-state index in [1.807, 2.05) is 27.0 Å². The average Bonchev–Trinajstić information content (AvgIpc) is 3.06. The highest BCUT2D eigenvalue weighted by Gasteiger charge is 2.25. The molecule has 1 atom stereocenters. The number of rotatable bonds is 6. The number of likely N-dealkylation sites (N-methyl/N-ethyl adjacent to an activating group) is 1. The second kappa shape index (κ2) is 9.11. The third-order valence-corrected chi connectivity index (χ3v) is 6.17. The summed E-state index contributed by atoms with van der Waals surface area (Å²) in [7, 11) is -1.52. The Morgan fingerprint density at radius 1 is 1.33 bits per heavy atom. The molecule has 0 saturated carbocycles. The van der Waals surface area contributed by atoms with Gasteiger partial charge in [0.25, 0.3) is 0 Å². The molecule has 0 spiro atoms. The maximum Gasteiger partial charge on any atom is 0.240 e. The minimum absolute atomic E-state index is 0. The lowest BCUT2D eigenvalue weighted by molar-refractivity contribution is 0.190. The zero-order chi connectivity index (χ0) is 18.7. The van der Waals surface area contributed by atoms with Crippen LogP contribution in [0.3, 0.4) is 0 Å². The number of halogens is 1. The molecule has 8 nitrogen and oxygen atoms in total. The standard InChI is InChI=1S/C17H25N5O3S.ClH/c1-12-4-5-14(10-13(12)2)26(23,24)19-7-6-16-20-17(21-25-16)15-11-18-8-9-22(15)3;/h4-5,10,15,18-19H,6-9,11H2,1-3H3;1H. The normalized spacial score (nSPS) is 18.3. The summed E-state index contributed by atoms with van der Waals surface area (Å²) < 4.78 is 32.6. The van der Waals surface area contributed by atoms with E-state index in [0.717, 1.165) is 30.8 Å². The van der Waals surface area contributed by atoms with Gasteiger partial charge in [-0.15, -0.1) is 12.4 Å². The van der Waals surface area contributed by atoms with Crippen molar-refractivity contribution in [1.29, 1.82) is 0 Å². The number of sulfonamides is 1. The van der Waals surface area contributed by atoms with Gasteiger partial charge in [0.2, 0.25) is 15.9 Å². The second-order valence-corrected chi connectivity index (χ2v) is 8.41. The van der Waals surface area contributed by atoms with E-state index in [1.54, 1.807) is 12.1 Å². The van der Waals surface area contributed by atoms with E-state index in [9.17, 15) is 8.42 Å². The Hall–Kier alpha value is -1.52. The van der Waals surface area contributed by atoms with E-state index in [2.05, 4.69) is 25.1 Å². The summed E-state index contributed by atoms with van der Waals surface area (Å²) >= 11 is 0. The van der Waals surface area contributed by atoms with Gasteiger partial charge in [-0.25, -0.2) is 13.1 Å². The Morgan fingerprint density at radius 2 is 2.11 bits per heavy atom. The summed E-state index contributed by atoms with van der Waals surface area (Å²) in [6, 6.07) is 5.17. The lowest BCUT2D eigenvalue weighted by atomic mass is 10.1. The van der Waals surface area contributed by atoms with E-state index in [1.165, 1.54) is 0 Å². The highest BCUT2D eigenvalue weighted by atomic mass is 35.5. The Balaban J connectivity index is 0.00000261. The van der Waals surface area contributed by atoms with Gasteiger partial charge in [-0.2, -0.15) is 4.98 Å². The molecule has 0 bridgehead atoms. The minimum Gasteiger partial charge on any atom is -0.339 e. The number of hydrogen-bond acceptors (Lipinski definition) is 7. The fourth-order valence-corrected chi connectivity index (χ4v) is 3.97. The smallest absolute Gasteiger partial charge is 0.240 e. The van der Waals surface area contributed by atoms with Crippen molar-refractivity contribution in [3.63, 3.8) is 0 Å². The fraction of sp³-hybridized carbons (Fsp3) is 0.529. The molecule has 2 N–H and O–H groups in total. The van der Waals surface area contributed by atoms with E-state index in [-0.39, 0.29) is 29.9 Å². The molecule has 1 fully saturated rings. The third-order valence-electron chi connectivity index (χ3n) is 4.71. The van der Waals surface area contributed by atoms with Crippen LogP contribution in [0, 0.1) is 13.8 Å². The van der Waals surface area contributed by atoms with Crippen LogP contribution in [0.15, 0.2) is 27.6 Å². The first-order chi connectivity index (χ1) is 12.4. The number of nitrogens with one attached hydrogen (secondary N) is 2. The first kappa shape index (κ1) is 21.8. The summed E-state index contributed by atoms with van der Waals surface area (Å²) in [6.07, 6.45) is 0.348. The second-order valence-electron chi connectivity index (χ2n) is 6.64. The van der Waals surface area contributed by atoms with E-state index < -0.39 is 10.0 Å². The maximum atomic E-state index is 12.4. The van der Waals surface area contributed by atoms with Crippen LogP contribution < -0.4 is 10.0 Å². The quantitative estimate of drug-likeness (QED) is 0.731. The lowest BCUT2D eigenvalue weighted by Gasteiger charge is -2.30. The van der Waals surface area contributed by atoms with Gasteiger partial charge < -0.3 is 9.84 Å². The number of aromatic nitrogens is 2. The summed E-state index contributed by atoms with van der Waals surface area (Å²) in [4.78, 5) is 6.85. The van der Waals surface area contributed by atoms with Crippen LogP contribution in [-0.4, -0.2) is 56.7 Å². The lowest BCUT2D eigenvalue weighted by Crippen LogP contribution is -2.44. The summed E-state index contributed by atoms with van der Waals surface area (Å²) in [5, 5.41) is 7.35. The van der Waals surface area contributed by atoms with Crippen molar-refractivity contribution >= 4 is 22.4 Å². The molecule has 150 valence electrons. The van der Waals surface area contributed by atoms with Gasteiger partial charge in [0, 0.05) is 32.6 Å². The molecule has 3 rings (SSSR count). The molecular weight excluding hydrogens is 390 g/mol. The van der Waals surface area contributed by atoms with Gasteiger partial charge in [0.05, 0.1) is 10.9 Å². The van der Waals surface area contributed by atoms with Crippen LogP contribution in [0.4, 0.5) is 0 Å². The van der Waals surface area contributed by atoms with E-state index in [0.29, 0.717) is 18.1 Å². The molecule has 0 amide bonds. The van der Waals surface area contributed by atoms with Gasteiger partial charge in [0.1, 0.15) is 0 Å². The van der Waals surface area contributed by atoms with Crippen molar-refractivity contribution < 1.29 is 12.9 Å². The van der Waals surface area contributed by atoms with Crippen molar-refractivity contribution in [2.75, 3.05) is 33.2 Å². The number of benzene rings is 1. The topological polar surface area (TPSA) is 100 Å². The Morgan fingerprint density at radius 3 is 2.81 bits per heavy atom. The predicted octanol–water partition coefficient (Wildman–Crippen LogP) is 1.21. The molecule has 10 heteroatoms. The molecule has 0 aliphatic carbocycles. The van der Waals surface area contributed by atoms with Crippen molar-refractivity contribution in [3.8, 4) is 0 Å². The molecule has 1 unspecified atom stereocenters. The number of hydrogen-bond donors (Lipinski definition) is 2. The van der Waals surface area contributed by atoms with Gasteiger partial charge in [-0.3, -0.25) is 4.90 Å². The summed E-state index contributed by atoms with van der Waals surface area (Å²) in [5.41, 5.74) is 2.00. The van der Waals surface area contributed by atoms with E-state index >= 15 is 0 Å². The zero-order valence-corrected chi connectivity index (χ0v) is 17.4. The van der Waals surface area contributed by atoms with Crippen LogP contribution in [0.2, 0.25) is 0 Å². The van der Waals surface area contributed by atoms with Crippen molar-refractivity contribution in [3.05, 3.63) is 41.0 Å². The summed E-state index contributed by atoms with van der Waals surface area (Å²) in [5.74, 6) is 1.06. The average molecular weight is 416 g/mol. The predicted molar refractivity (Wildman–Crippen MR) is 105 cm³/mol. The highest BCUT2D eigenvalue weighted by molar-refractivity contribution is 7.89. The van der Waals surface area contributed by atoms with Gasteiger partial charge in [-0.05, 0) is 44.2 Å². The van der Waals surface area contributed by atoms with Crippen LogP contribution in [0.25, 0.3) is 0 Å². The monoisotopic (exact) mass is 415 g/mol. The Labute approximate surface area is 166 Å². The van der Waals surface area contributed by atoms with Crippen molar-refractivity contribution in [2.24, 2.45) is 0 Å². The molecule has 1 aromatic carbocycles. The minimum atomic E-state index is -3.55. The maximum absolute atomic E-state index is 12.4. The summed E-state index contributed by atoms with van der Waals surface area (Å²) in [6.45, 7) is 6.68. The van der Waals surface area contributed by atoms with Gasteiger partial charge >= 0.3 is 0 Å². The van der Waals surface area contributed by atoms with Gasteiger partial charge in [-0.1, -0.05) is 11.2 Å². The molecule has 0 radical (unpaired) electrons. The van der Waals surface area contributed by atoms with Crippen LogP contribution in [0.1, 0.15) is 28.9 Å². The molecular formula is C17H26ClN5O3S.